The minimum absolute atomic E-state index is 0.0615. The fourth-order valence-electron chi connectivity index (χ4n) is 3.47. The van der Waals surface area contributed by atoms with E-state index in [9.17, 15) is 4.39 Å². The summed E-state index contributed by atoms with van der Waals surface area (Å²) in [5.41, 5.74) is 3.17. The van der Waals surface area contributed by atoms with E-state index in [4.69, 9.17) is 4.42 Å². The van der Waals surface area contributed by atoms with Crippen molar-refractivity contribution < 1.29 is 8.81 Å². The highest BCUT2D eigenvalue weighted by molar-refractivity contribution is 5.53. The molecule has 5 nitrogen and oxygen atoms in total. The van der Waals surface area contributed by atoms with Gasteiger partial charge in [-0.1, -0.05) is 17.7 Å². The first-order chi connectivity index (χ1) is 13.1. The Kier molecular flexibility index (Phi) is 4.90. The van der Waals surface area contributed by atoms with E-state index < -0.39 is 0 Å². The van der Waals surface area contributed by atoms with E-state index in [1.54, 1.807) is 0 Å². The van der Waals surface area contributed by atoms with Gasteiger partial charge in [-0.2, -0.15) is 0 Å². The topological polar surface area (TPSA) is 45.4 Å². The minimum Gasteiger partial charge on any atom is -0.419 e. The normalized spacial score (nSPS) is 16.5. The van der Waals surface area contributed by atoms with Gasteiger partial charge in [0.25, 0.3) is 0 Å². The standard InChI is InChI=1S/C21H23FN4O/c1-15-4-3-5-17(14-15)21-24-23-20(27-21)16(2)25-10-12-26(13-11-25)19-8-6-18(22)7-9-19/h3-9,14,16H,10-13H2,1-2H3/t16-/m0/s1. The Hall–Kier alpha value is -2.73. The number of anilines is 1. The van der Waals surface area contributed by atoms with Crippen LogP contribution in [0.4, 0.5) is 10.1 Å². The van der Waals surface area contributed by atoms with E-state index in [2.05, 4.69) is 26.9 Å². The summed E-state index contributed by atoms with van der Waals surface area (Å²) in [6.07, 6.45) is 0. The Morgan fingerprint density at radius 1 is 1.00 bits per heavy atom. The van der Waals surface area contributed by atoms with Crippen LogP contribution in [0.15, 0.2) is 52.9 Å². The summed E-state index contributed by atoms with van der Waals surface area (Å²) in [4.78, 5) is 4.61. The fourth-order valence-corrected chi connectivity index (χ4v) is 3.47. The average molecular weight is 366 g/mol. The van der Waals surface area contributed by atoms with Crippen LogP contribution in [-0.2, 0) is 0 Å². The second-order valence-corrected chi connectivity index (χ2v) is 6.99. The first-order valence-corrected chi connectivity index (χ1v) is 9.25. The largest absolute Gasteiger partial charge is 0.419 e. The van der Waals surface area contributed by atoms with Gasteiger partial charge in [0.05, 0.1) is 6.04 Å². The van der Waals surface area contributed by atoms with E-state index in [0.29, 0.717) is 11.8 Å². The van der Waals surface area contributed by atoms with Gasteiger partial charge in [0.1, 0.15) is 5.82 Å². The summed E-state index contributed by atoms with van der Waals surface area (Å²) in [7, 11) is 0. The molecule has 1 fully saturated rings. The third-order valence-corrected chi connectivity index (χ3v) is 5.12. The van der Waals surface area contributed by atoms with Crippen molar-refractivity contribution in [3.05, 3.63) is 65.8 Å². The molecule has 2 aromatic carbocycles. The van der Waals surface area contributed by atoms with E-state index in [1.807, 2.05) is 43.3 Å². The Labute approximate surface area is 158 Å². The first-order valence-electron chi connectivity index (χ1n) is 9.25. The van der Waals surface area contributed by atoms with Crippen LogP contribution in [0.25, 0.3) is 11.5 Å². The number of hydrogen-bond acceptors (Lipinski definition) is 5. The molecule has 4 rings (SSSR count). The van der Waals surface area contributed by atoms with Gasteiger partial charge >= 0.3 is 0 Å². The molecule has 1 aliphatic rings. The number of nitrogens with zero attached hydrogens (tertiary/aromatic N) is 4. The summed E-state index contributed by atoms with van der Waals surface area (Å²) in [6.45, 7) is 7.69. The second kappa shape index (κ2) is 7.48. The van der Waals surface area contributed by atoms with Crippen molar-refractivity contribution in [2.75, 3.05) is 31.1 Å². The molecule has 0 saturated carbocycles. The molecule has 27 heavy (non-hydrogen) atoms. The van der Waals surface area contributed by atoms with Crippen LogP contribution in [-0.4, -0.2) is 41.3 Å². The molecule has 0 unspecified atom stereocenters. The van der Waals surface area contributed by atoms with Gasteiger partial charge in [-0.05, 0) is 50.2 Å². The molecule has 6 heteroatoms. The second-order valence-electron chi connectivity index (χ2n) is 6.99. The number of piperazine rings is 1. The number of benzene rings is 2. The van der Waals surface area contributed by atoms with Crippen molar-refractivity contribution in [2.45, 2.75) is 19.9 Å². The zero-order valence-electron chi connectivity index (χ0n) is 15.6. The zero-order chi connectivity index (χ0) is 18.8. The van der Waals surface area contributed by atoms with Crippen molar-refractivity contribution in [1.82, 2.24) is 15.1 Å². The summed E-state index contributed by atoms with van der Waals surface area (Å²) in [5, 5.41) is 8.50. The number of aromatic nitrogens is 2. The minimum atomic E-state index is -0.202. The highest BCUT2D eigenvalue weighted by Gasteiger charge is 2.26. The highest BCUT2D eigenvalue weighted by atomic mass is 19.1. The van der Waals surface area contributed by atoms with Gasteiger partial charge in [-0.3, -0.25) is 4.90 Å². The molecule has 0 spiro atoms. The molecule has 1 aliphatic heterocycles. The number of hydrogen-bond donors (Lipinski definition) is 0. The van der Waals surface area contributed by atoms with Crippen molar-refractivity contribution in [2.24, 2.45) is 0 Å². The zero-order valence-corrected chi connectivity index (χ0v) is 15.6. The van der Waals surface area contributed by atoms with Crippen LogP contribution in [0.5, 0.6) is 0 Å². The lowest BCUT2D eigenvalue weighted by molar-refractivity contribution is 0.174. The van der Waals surface area contributed by atoms with E-state index in [0.717, 1.165) is 43.0 Å². The molecular weight excluding hydrogens is 343 g/mol. The van der Waals surface area contributed by atoms with E-state index >= 15 is 0 Å². The number of halogens is 1. The van der Waals surface area contributed by atoms with E-state index in [-0.39, 0.29) is 11.9 Å². The molecule has 0 amide bonds. The fraction of sp³-hybridized carbons (Fsp3) is 0.333. The smallest absolute Gasteiger partial charge is 0.247 e. The Balaban J connectivity index is 1.41. The molecule has 140 valence electrons. The van der Waals surface area contributed by atoms with Crippen LogP contribution in [0.1, 0.15) is 24.4 Å². The molecule has 0 N–H and O–H groups in total. The highest BCUT2D eigenvalue weighted by Crippen LogP contribution is 2.26. The van der Waals surface area contributed by atoms with Crippen LogP contribution < -0.4 is 4.90 Å². The lowest BCUT2D eigenvalue weighted by Gasteiger charge is -2.38. The van der Waals surface area contributed by atoms with Gasteiger partial charge in [0.2, 0.25) is 11.8 Å². The lowest BCUT2D eigenvalue weighted by Crippen LogP contribution is -2.47. The number of rotatable bonds is 4. The van der Waals surface area contributed by atoms with Crippen LogP contribution in [0, 0.1) is 12.7 Å². The van der Waals surface area contributed by atoms with Crippen molar-refractivity contribution in [1.29, 1.82) is 0 Å². The Morgan fingerprint density at radius 3 is 2.44 bits per heavy atom. The van der Waals surface area contributed by atoms with Crippen molar-refractivity contribution in [3.8, 4) is 11.5 Å². The molecular formula is C21H23FN4O. The molecule has 0 aliphatic carbocycles. The van der Waals surface area contributed by atoms with Gasteiger partial charge < -0.3 is 9.32 Å². The predicted octanol–water partition coefficient (Wildman–Crippen LogP) is 4.07. The SMILES string of the molecule is Cc1cccc(-c2nnc([C@H](C)N3CCN(c4ccc(F)cc4)CC3)o2)c1. The quantitative estimate of drug-likeness (QED) is 0.697. The van der Waals surface area contributed by atoms with Gasteiger partial charge in [-0.15, -0.1) is 10.2 Å². The summed E-state index contributed by atoms with van der Waals surface area (Å²) in [6, 6.07) is 14.8. The third-order valence-electron chi connectivity index (χ3n) is 5.12. The van der Waals surface area contributed by atoms with Gasteiger partial charge in [-0.25, -0.2) is 4.39 Å². The lowest BCUT2D eigenvalue weighted by atomic mass is 10.1. The molecule has 1 atom stereocenters. The maximum atomic E-state index is 13.1. The van der Waals surface area contributed by atoms with Crippen LogP contribution in [0.2, 0.25) is 0 Å². The summed E-state index contributed by atoms with van der Waals surface area (Å²) in [5.74, 6) is 0.999. The van der Waals surface area contributed by atoms with Gasteiger partial charge in [0, 0.05) is 37.4 Å². The van der Waals surface area contributed by atoms with Crippen molar-refractivity contribution in [3.63, 3.8) is 0 Å². The van der Waals surface area contributed by atoms with Gasteiger partial charge in [0.15, 0.2) is 0 Å². The molecule has 1 aromatic heterocycles. The Bertz CT molecular complexity index is 901. The maximum absolute atomic E-state index is 13.1. The van der Waals surface area contributed by atoms with Crippen LogP contribution in [0.3, 0.4) is 0 Å². The predicted molar refractivity (Wildman–Crippen MR) is 103 cm³/mol. The molecule has 1 saturated heterocycles. The third kappa shape index (κ3) is 3.85. The molecule has 2 heterocycles. The average Bonchev–Trinajstić information content (AvgIpc) is 3.18. The summed E-state index contributed by atoms with van der Waals surface area (Å²) < 4.78 is 19.1. The summed E-state index contributed by atoms with van der Waals surface area (Å²) >= 11 is 0. The monoisotopic (exact) mass is 366 g/mol. The Morgan fingerprint density at radius 2 is 1.74 bits per heavy atom. The van der Waals surface area contributed by atoms with Crippen molar-refractivity contribution >= 4 is 5.69 Å². The first kappa shape index (κ1) is 17.7. The molecule has 0 radical (unpaired) electrons. The van der Waals surface area contributed by atoms with Crippen LogP contribution >= 0.6 is 0 Å². The molecule has 0 bridgehead atoms. The maximum Gasteiger partial charge on any atom is 0.247 e. The van der Waals surface area contributed by atoms with E-state index in [1.165, 1.54) is 12.1 Å². The number of aryl methyl sites for hydroxylation is 1. The molecule has 3 aromatic rings.